The summed E-state index contributed by atoms with van der Waals surface area (Å²) in [5.74, 6) is 0.703. The molecule has 0 bridgehead atoms. The van der Waals surface area contributed by atoms with E-state index in [9.17, 15) is 8.78 Å². The van der Waals surface area contributed by atoms with Gasteiger partial charge in [0.1, 0.15) is 0 Å². The first-order valence-corrected chi connectivity index (χ1v) is 5.47. The van der Waals surface area contributed by atoms with Gasteiger partial charge in [-0.15, -0.1) is 0 Å². The summed E-state index contributed by atoms with van der Waals surface area (Å²) >= 11 is 0. The van der Waals surface area contributed by atoms with E-state index in [1.54, 1.807) is 0 Å². The molecule has 0 heterocycles. The Morgan fingerprint density at radius 1 is 1.00 bits per heavy atom. The average molecular weight is 207 g/mol. The van der Waals surface area contributed by atoms with Crippen molar-refractivity contribution in [1.29, 1.82) is 0 Å². The van der Waals surface area contributed by atoms with Crippen LogP contribution in [0.15, 0.2) is 0 Å². The second-order valence-corrected chi connectivity index (χ2v) is 4.52. The van der Waals surface area contributed by atoms with Crippen LogP contribution in [-0.4, -0.2) is 18.5 Å². The lowest BCUT2D eigenvalue weighted by molar-refractivity contribution is 0.100. The molecule has 0 rings (SSSR count). The molecule has 2 unspecified atom stereocenters. The minimum Gasteiger partial charge on any atom is -0.307 e. The van der Waals surface area contributed by atoms with Crippen LogP contribution in [0.4, 0.5) is 8.78 Å². The summed E-state index contributed by atoms with van der Waals surface area (Å²) in [6.45, 7) is 7.86. The largest absolute Gasteiger partial charge is 0.307 e. The van der Waals surface area contributed by atoms with Gasteiger partial charge in [-0.2, -0.15) is 0 Å². The number of halogens is 2. The highest BCUT2D eigenvalue weighted by atomic mass is 19.3. The standard InChI is InChI=1S/C11H23F2N/c1-8(2)6-5-7-9(3)14-10(4)11(12)13/h8-11,14H,5-7H2,1-4H3. The van der Waals surface area contributed by atoms with E-state index in [4.69, 9.17) is 0 Å². The van der Waals surface area contributed by atoms with Gasteiger partial charge in [-0.25, -0.2) is 8.78 Å². The van der Waals surface area contributed by atoms with E-state index in [1.807, 2.05) is 6.92 Å². The molecule has 86 valence electrons. The Bertz CT molecular complexity index is 137. The topological polar surface area (TPSA) is 12.0 Å². The zero-order chi connectivity index (χ0) is 11.1. The number of alkyl halides is 2. The Hall–Kier alpha value is -0.180. The Morgan fingerprint density at radius 2 is 1.57 bits per heavy atom. The maximum Gasteiger partial charge on any atom is 0.253 e. The highest BCUT2D eigenvalue weighted by molar-refractivity contribution is 4.69. The third-order valence-corrected chi connectivity index (χ3v) is 2.34. The molecule has 0 amide bonds. The predicted molar refractivity (Wildman–Crippen MR) is 56.8 cm³/mol. The Balaban J connectivity index is 3.50. The molecule has 0 aliphatic heterocycles. The minimum absolute atomic E-state index is 0.192. The molecule has 1 nitrogen and oxygen atoms in total. The summed E-state index contributed by atoms with van der Waals surface area (Å²) in [5, 5.41) is 2.90. The van der Waals surface area contributed by atoms with E-state index in [-0.39, 0.29) is 6.04 Å². The maximum atomic E-state index is 12.2. The first kappa shape index (κ1) is 13.8. The number of hydrogen-bond acceptors (Lipinski definition) is 1. The molecular formula is C11H23F2N. The van der Waals surface area contributed by atoms with Gasteiger partial charge in [0.05, 0.1) is 6.04 Å². The molecule has 0 spiro atoms. The third-order valence-electron chi connectivity index (χ3n) is 2.34. The molecule has 2 atom stereocenters. The van der Waals surface area contributed by atoms with E-state index in [1.165, 1.54) is 13.3 Å². The fourth-order valence-corrected chi connectivity index (χ4v) is 1.44. The fraction of sp³-hybridized carbons (Fsp3) is 1.00. The van der Waals surface area contributed by atoms with Crippen molar-refractivity contribution in [2.24, 2.45) is 5.92 Å². The van der Waals surface area contributed by atoms with Gasteiger partial charge in [0.25, 0.3) is 6.43 Å². The van der Waals surface area contributed by atoms with Crippen molar-refractivity contribution < 1.29 is 8.78 Å². The molecule has 0 fully saturated rings. The Kier molecular flexibility index (Phi) is 7.06. The van der Waals surface area contributed by atoms with Gasteiger partial charge in [-0.1, -0.05) is 26.7 Å². The monoisotopic (exact) mass is 207 g/mol. The lowest BCUT2D eigenvalue weighted by Crippen LogP contribution is -2.39. The SMILES string of the molecule is CC(C)CCCC(C)NC(C)C(F)F. The van der Waals surface area contributed by atoms with E-state index in [2.05, 4.69) is 19.2 Å². The zero-order valence-electron chi connectivity index (χ0n) is 9.69. The summed E-state index contributed by atoms with van der Waals surface area (Å²) in [4.78, 5) is 0. The van der Waals surface area contributed by atoms with Crippen LogP contribution >= 0.6 is 0 Å². The van der Waals surface area contributed by atoms with Gasteiger partial charge in [0.15, 0.2) is 0 Å². The van der Waals surface area contributed by atoms with Crippen molar-refractivity contribution >= 4 is 0 Å². The first-order valence-electron chi connectivity index (χ1n) is 5.47. The van der Waals surface area contributed by atoms with Crippen molar-refractivity contribution in [1.82, 2.24) is 5.32 Å². The number of rotatable bonds is 7. The van der Waals surface area contributed by atoms with Crippen LogP contribution in [0.1, 0.15) is 47.0 Å². The molecule has 0 radical (unpaired) electrons. The third kappa shape index (κ3) is 7.25. The molecular weight excluding hydrogens is 184 g/mol. The van der Waals surface area contributed by atoms with Crippen LogP contribution in [0.5, 0.6) is 0 Å². The first-order chi connectivity index (χ1) is 6.43. The predicted octanol–water partition coefficient (Wildman–Crippen LogP) is 3.44. The van der Waals surface area contributed by atoms with Gasteiger partial charge in [0.2, 0.25) is 0 Å². The van der Waals surface area contributed by atoms with Crippen molar-refractivity contribution in [2.45, 2.75) is 65.5 Å². The number of hydrogen-bond donors (Lipinski definition) is 1. The smallest absolute Gasteiger partial charge is 0.253 e. The lowest BCUT2D eigenvalue weighted by Gasteiger charge is -2.19. The van der Waals surface area contributed by atoms with Crippen molar-refractivity contribution in [3.63, 3.8) is 0 Å². The van der Waals surface area contributed by atoms with E-state index >= 15 is 0 Å². The molecule has 0 aromatic carbocycles. The normalized spacial score (nSPS) is 16.3. The van der Waals surface area contributed by atoms with E-state index < -0.39 is 12.5 Å². The van der Waals surface area contributed by atoms with Crippen LogP contribution in [0.3, 0.4) is 0 Å². The zero-order valence-corrected chi connectivity index (χ0v) is 9.69. The maximum absolute atomic E-state index is 12.2. The average Bonchev–Trinajstić information content (AvgIpc) is 2.02. The highest BCUT2D eigenvalue weighted by Crippen LogP contribution is 2.09. The summed E-state index contributed by atoms with van der Waals surface area (Å²) in [7, 11) is 0. The molecule has 1 N–H and O–H groups in total. The summed E-state index contributed by atoms with van der Waals surface area (Å²) in [6.07, 6.45) is 1.01. The molecule has 0 saturated heterocycles. The molecule has 0 aromatic rings. The minimum atomic E-state index is -2.26. The molecule has 3 heteroatoms. The molecule has 0 saturated carbocycles. The van der Waals surface area contributed by atoms with Gasteiger partial charge in [-0.3, -0.25) is 0 Å². The summed E-state index contributed by atoms with van der Waals surface area (Å²) in [6, 6.07) is -0.498. The van der Waals surface area contributed by atoms with Crippen LogP contribution in [0, 0.1) is 5.92 Å². The van der Waals surface area contributed by atoms with E-state index in [0.29, 0.717) is 5.92 Å². The quantitative estimate of drug-likeness (QED) is 0.674. The van der Waals surface area contributed by atoms with Crippen molar-refractivity contribution in [2.75, 3.05) is 0 Å². The Morgan fingerprint density at radius 3 is 2.00 bits per heavy atom. The Labute approximate surface area is 86.3 Å². The lowest BCUT2D eigenvalue weighted by atomic mass is 10.0. The fourth-order valence-electron chi connectivity index (χ4n) is 1.44. The van der Waals surface area contributed by atoms with Crippen LogP contribution in [0.25, 0.3) is 0 Å². The highest BCUT2D eigenvalue weighted by Gasteiger charge is 2.16. The molecule has 0 aliphatic rings. The summed E-state index contributed by atoms with van der Waals surface area (Å²) in [5.41, 5.74) is 0. The van der Waals surface area contributed by atoms with Crippen molar-refractivity contribution in [3.05, 3.63) is 0 Å². The van der Waals surface area contributed by atoms with Gasteiger partial charge < -0.3 is 5.32 Å². The molecule has 0 aliphatic carbocycles. The molecule has 14 heavy (non-hydrogen) atoms. The van der Waals surface area contributed by atoms with Crippen LogP contribution < -0.4 is 5.32 Å². The van der Waals surface area contributed by atoms with Crippen LogP contribution in [0.2, 0.25) is 0 Å². The van der Waals surface area contributed by atoms with Gasteiger partial charge >= 0.3 is 0 Å². The second kappa shape index (κ2) is 7.16. The van der Waals surface area contributed by atoms with E-state index in [0.717, 1.165) is 12.8 Å². The summed E-state index contributed by atoms with van der Waals surface area (Å²) < 4.78 is 24.4. The van der Waals surface area contributed by atoms with Gasteiger partial charge in [-0.05, 0) is 26.2 Å². The van der Waals surface area contributed by atoms with Gasteiger partial charge in [0, 0.05) is 6.04 Å². The number of nitrogens with one attached hydrogen (secondary N) is 1. The molecule has 0 aromatic heterocycles. The van der Waals surface area contributed by atoms with Crippen LogP contribution in [-0.2, 0) is 0 Å². The van der Waals surface area contributed by atoms with Crippen molar-refractivity contribution in [3.8, 4) is 0 Å². The second-order valence-electron chi connectivity index (χ2n) is 4.52.